The molecule has 0 aliphatic rings. The van der Waals surface area contributed by atoms with Crippen molar-refractivity contribution in [1.29, 1.82) is 0 Å². The van der Waals surface area contributed by atoms with Crippen LogP contribution in [0.5, 0.6) is 0 Å². The Bertz CT molecular complexity index is 261. The van der Waals surface area contributed by atoms with Crippen LogP contribution in [-0.2, 0) is 4.79 Å². The maximum atomic E-state index is 10.3. The van der Waals surface area contributed by atoms with Crippen LogP contribution in [0.3, 0.4) is 0 Å². The first-order chi connectivity index (χ1) is 10.2. The van der Waals surface area contributed by atoms with Crippen molar-refractivity contribution in [2.45, 2.75) is 96.5 Å². The molecule has 0 aromatic heterocycles. The van der Waals surface area contributed by atoms with E-state index in [1.807, 2.05) is 19.1 Å². The molecule has 0 aliphatic carbocycles. The molecular weight excluding hydrogens is 264 g/mol. The number of aliphatic carboxylic acids is 1. The zero-order valence-corrected chi connectivity index (χ0v) is 13.7. The van der Waals surface area contributed by atoms with Crippen molar-refractivity contribution in [3.63, 3.8) is 0 Å². The van der Waals surface area contributed by atoms with Gasteiger partial charge in [0.15, 0.2) is 0 Å². The van der Waals surface area contributed by atoms with Crippen LogP contribution < -0.4 is 0 Å². The number of carboxylic acids is 1. The second-order valence-electron chi connectivity index (χ2n) is 5.93. The van der Waals surface area contributed by atoms with E-state index < -0.39 is 5.97 Å². The molecule has 0 amide bonds. The van der Waals surface area contributed by atoms with Gasteiger partial charge in [0.05, 0.1) is 6.10 Å². The molecule has 1 atom stereocenters. The average Bonchev–Trinajstić information content (AvgIpc) is 2.45. The highest BCUT2D eigenvalue weighted by Gasteiger charge is 2.01. The monoisotopic (exact) mass is 298 g/mol. The summed E-state index contributed by atoms with van der Waals surface area (Å²) in [5.41, 5.74) is 0. The summed E-state index contributed by atoms with van der Waals surface area (Å²) in [6, 6.07) is 0. The Labute approximate surface area is 130 Å². The van der Waals surface area contributed by atoms with E-state index in [2.05, 4.69) is 0 Å². The van der Waals surface area contributed by atoms with Gasteiger partial charge in [-0.25, -0.2) is 0 Å². The predicted octanol–water partition coefficient (Wildman–Crippen LogP) is 5.08. The van der Waals surface area contributed by atoms with Crippen LogP contribution >= 0.6 is 0 Å². The van der Waals surface area contributed by atoms with Gasteiger partial charge in [0.1, 0.15) is 0 Å². The number of rotatable bonds is 15. The standard InChI is InChI=1S/C18H34O3/c1-2-3-14-17(19)15-12-10-8-6-4-5-7-9-11-13-16-18(20)21/h2-3,17,19H,4-16H2,1H3,(H,20,21). The third-order valence-corrected chi connectivity index (χ3v) is 3.82. The molecule has 0 fully saturated rings. The first-order valence-electron chi connectivity index (χ1n) is 8.67. The summed E-state index contributed by atoms with van der Waals surface area (Å²) in [7, 11) is 0. The lowest BCUT2D eigenvalue weighted by Gasteiger charge is -2.07. The number of carbonyl (C=O) groups is 1. The van der Waals surface area contributed by atoms with Crippen molar-refractivity contribution in [2.75, 3.05) is 0 Å². The highest BCUT2D eigenvalue weighted by molar-refractivity contribution is 5.66. The quantitative estimate of drug-likeness (QED) is 0.327. The molecule has 1 unspecified atom stereocenters. The predicted molar refractivity (Wildman–Crippen MR) is 88.5 cm³/mol. The van der Waals surface area contributed by atoms with E-state index in [0.29, 0.717) is 6.42 Å². The molecule has 2 N–H and O–H groups in total. The van der Waals surface area contributed by atoms with Crippen molar-refractivity contribution in [1.82, 2.24) is 0 Å². The number of unbranched alkanes of at least 4 members (excludes halogenated alkanes) is 9. The maximum absolute atomic E-state index is 10.3. The number of hydrogen-bond donors (Lipinski definition) is 2. The number of aliphatic hydroxyl groups is 1. The second kappa shape index (κ2) is 15.6. The molecule has 0 spiro atoms. The zero-order chi connectivity index (χ0) is 15.8. The lowest BCUT2D eigenvalue weighted by atomic mass is 10.0. The Balaban J connectivity index is 3.10. The van der Waals surface area contributed by atoms with Gasteiger partial charge in [0.2, 0.25) is 0 Å². The number of allylic oxidation sites excluding steroid dienone is 1. The van der Waals surface area contributed by atoms with Crippen LogP contribution in [-0.4, -0.2) is 22.3 Å². The van der Waals surface area contributed by atoms with E-state index in [4.69, 9.17) is 5.11 Å². The van der Waals surface area contributed by atoms with Gasteiger partial charge in [0, 0.05) is 6.42 Å². The SMILES string of the molecule is CC=CCC(O)CCCCCCCCCCCCC(=O)O. The highest BCUT2D eigenvalue weighted by atomic mass is 16.4. The largest absolute Gasteiger partial charge is 0.481 e. The van der Waals surface area contributed by atoms with Gasteiger partial charge < -0.3 is 10.2 Å². The summed E-state index contributed by atoms with van der Waals surface area (Å²) in [6.45, 7) is 1.99. The molecule has 0 bridgehead atoms. The summed E-state index contributed by atoms with van der Waals surface area (Å²) in [5.74, 6) is -0.675. The van der Waals surface area contributed by atoms with Crippen LogP contribution in [0.4, 0.5) is 0 Å². The Hall–Kier alpha value is -0.830. The minimum absolute atomic E-state index is 0.160. The van der Waals surface area contributed by atoms with E-state index in [1.54, 1.807) is 0 Å². The molecule has 0 rings (SSSR count). The summed E-state index contributed by atoms with van der Waals surface area (Å²) in [6.07, 6.45) is 17.7. The van der Waals surface area contributed by atoms with Gasteiger partial charge >= 0.3 is 5.97 Å². The van der Waals surface area contributed by atoms with Crippen LogP contribution in [0.1, 0.15) is 90.4 Å². The first-order valence-corrected chi connectivity index (χ1v) is 8.67. The maximum Gasteiger partial charge on any atom is 0.303 e. The number of hydrogen-bond acceptors (Lipinski definition) is 2. The Morgan fingerprint density at radius 3 is 1.86 bits per heavy atom. The van der Waals surface area contributed by atoms with Crippen LogP contribution in [0.15, 0.2) is 12.2 Å². The summed E-state index contributed by atoms with van der Waals surface area (Å²) < 4.78 is 0. The van der Waals surface area contributed by atoms with E-state index in [0.717, 1.165) is 32.1 Å². The molecule has 0 aliphatic heterocycles. The van der Waals surface area contributed by atoms with Gasteiger partial charge in [0.25, 0.3) is 0 Å². The molecule has 0 aromatic carbocycles. The molecule has 3 heteroatoms. The van der Waals surface area contributed by atoms with Gasteiger partial charge in [-0.1, -0.05) is 69.9 Å². The van der Waals surface area contributed by atoms with E-state index in [9.17, 15) is 9.90 Å². The molecule has 0 radical (unpaired) electrons. The minimum atomic E-state index is -0.675. The summed E-state index contributed by atoms with van der Waals surface area (Å²) in [4.78, 5) is 10.3. The lowest BCUT2D eigenvalue weighted by molar-refractivity contribution is -0.137. The Morgan fingerprint density at radius 2 is 1.38 bits per heavy atom. The van der Waals surface area contributed by atoms with Gasteiger partial charge in [-0.3, -0.25) is 4.79 Å². The molecule has 3 nitrogen and oxygen atoms in total. The fraction of sp³-hybridized carbons (Fsp3) is 0.833. The van der Waals surface area contributed by atoms with E-state index in [-0.39, 0.29) is 6.10 Å². The fourth-order valence-corrected chi connectivity index (χ4v) is 2.48. The third kappa shape index (κ3) is 17.1. The van der Waals surface area contributed by atoms with Gasteiger partial charge in [-0.05, 0) is 26.2 Å². The van der Waals surface area contributed by atoms with Crippen molar-refractivity contribution >= 4 is 5.97 Å². The van der Waals surface area contributed by atoms with Crippen molar-refractivity contribution in [2.24, 2.45) is 0 Å². The molecular formula is C18H34O3. The van der Waals surface area contributed by atoms with Crippen molar-refractivity contribution in [3.8, 4) is 0 Å². The van der Waals surface area contributed by atoms with Crippen LogP contribution in [0.2, 0.25) is 0 Å². The first kappa shape index (κ1) is 20.2. The number of carboxylic acid groups (broad SMARTS) is 1. The fourth-order valence-electron chi connectivity index (χ4n) is 2.48. The minimum Gasteiger partial charge on any atom is -0.481 e. The number of aliphatic hydroxyl groups excluding tert-OH is 1. The van der Waals surface area contributed by atoms with Gasteiger partial charge in [-0.15, -0.1) is 0 Å². The molecule has 21 heavy (non-hydrogen) atoms. The second-order valence-corrected chi connectivity index (χ2v) is 5.93. The third-order valence-electron chi connectivity index (χ3n) is 3.82. The van der Waals surface area contributed by atoms with Crippen LogP contribution in [0.25, 0.3) is 0 Å². The highest BCUT2D eigenvalue weighted by Crippen LogP contribution is 2.13. The van der Waals surface area contributed by atoms with Crippen molar-refractivity contribution in [3.05, 3.63) is 12.2 Å². The Morgan fingerprint density at radius 1 is 0.905 bits per heavy atom. The zero-order valence-electron chi connectivity index (χ0n) is 13.7. The smallest absolute Gasteiger partial charge is 0.303 e. The Kier molecular flexibility index (Phi) is 14.9. The summed E-state index contributed by atoms with van der Waals surface area (Å²) >= 11 is 0. The van der Waals surface area contributed by atoms with Crippen LogP contribution in [0, 0.1) is 0 Å². The molecule has 0 saturated heterocycles. The topological polar surface area (TPSA) is 57.5 Å². The molecule has 0 heterocycles. The molecule has 124 valence electrons. The normalized spacial score (nSPS) is 12.9. The van der Waals surface area contributed by atoms with Crippen molar-refractivity contribution < 1.29 is 15.0 Å². The van der Waals surface area contributed by atoms with E-state index >= 15 is 0 Å². The van der Waals surface area contributed by atoms with Gasteiger partial charge in [-0.2, -0.15) is 0 Å². The molecule has 0 saturated carbocycles. The lowest BCUT2D eigenvalue weighted by Crippen LogP contribution is -2.04. The molecule has 0 aromatic rings. The average molecular weight is 298 g/mol. The summed E-state index contributed by atoms with van der Waals surface area (Å²) in [5, 5.41) is 18.2. The van der Waals surface area contributed by atoms with E-state index in [1.165, 1.54) is 44.9 Å².